The minimum Gasteiger partial charge on any atom is -0.486 e. The molecular weight excluding hydrogens is 324 g/mol. The maximum atomic E-state index is 12.0. The molecule has 3 rings (SSSR count). The molecular formula is C15H13ClN2O3S. The molecule has 0 aliphatic carbocycles. The molecule has 0 atom stereocenters. The average Bonchev–Trinajstić information content (AvgIpc) is 2.54. The largest absolute Gasteiger partial charge is 0.486 e. The van der Waals surface area contributed by atoms with Gasteiger partial charge in [-0.25, -0.2) is 4.98 Å². The number of carbonyl (C=O) groups excluding carboxylic acids is 1. The number of carbonyl (C=O) groups is 1. The molecule has 22 heavy (non-hydrogen) atoms. The number of nitrogens with one attached hydrogen (secondary N) is 1. The van der Waals surface area contributed by atoms with E-state index in [2.05, 4.69) is 10.3 Å². The van der Waals surface area contributed by atoms with Crippen LogP contribution in [0.1, 0.15) is 0 Å². The molecule has 2 heterocycles. The molecule has 1 N–H and O–H groups in total. The van der Waals surface area contributed by atoms with Gasteiger partial charge in [0, 0.05) is 18.0 Å². The number of anilines is 1. The number of pyridine rings is 1. The summed E-state index contributed by atoms with van der Waals surface area (Å²) in [6.45, 7) is 1.05. The van der Waals surface area contributed by atoms with Crippen LogP contribution in [0.15, 0.2) is 41.6 Å². The van der Waals surface area contributed by atoms with E-state index in [-0.39, 0.29) is 11.7 Å². The summed E-state index contributed by atoms with van der Waals surface area (Å²) in [5.74, 6) is 1.43. The molecule has 0 unspecified atom stereocenters. The SMILES string of the molecule is O=C(CSc1ncccc1Cl)Nc1ccc2c(c1)OCCO2. The Morgan fingerprint density at radius 3 is 2.91 bits per heavy atom. The third-order valence-corrected chi connectivity index (χ3v) is 4.31. The normalized spacial score (nSPS) is 12.8. The van der Waals surface area contributed by atoms with Gasteiger partial charge in [0.25, 0.3) is 0 Å². The van der Waals surface area contributed by atoms with Crippen LogP contribution >= 0.6 is 23.4 Å². The summed E-state index contributed by atoms with van der Waals surface area (Å²) in [4.78, 5) is 16.1. The summed E-state index contributed by atoms with van der Waals surface area (Å²) in [6, 6.07) is 8.82. The minimum atomic E-state index is -0.136. The molecule has 0 saturated heterocycles. The van der Waals surface area contributed by atoms with E-state index in [1.807, 2.05) is 0 Å². The monoisotopic (exact) mass is 336 g/mol. The van der Waals surface area contributed by atoms with E-state index in [1.165, 1.54) is 11.8 Å². The van der Waals surface area contributed by atoms with Crippen LogP contribution in [0.5, 0.6) is 11.5 Å². The third-order valence-electron chi connectivity index (χ3n) is 2.89. The molecule has 0 spiro atoms. The van der Waals surface area contributed by atoms with E-state index in [0.29, 0.717) is 40.4 Å². The van der Waals surface area contributed by atoms with Crippen molar-refractivity contribution in [3.63, 3.8) is 0 Å². The van der Waals surface area contributed by atoms with Crippen molar-refractivity contribution in [3.05, 3.63) is 41.6 Å². The van der Waals surface area contributed by atoms with E-state index in [4.69, 9.17) is 21.1 Å². The van der Waals surface area contributed by atoms with E-state index >= 15 is 0 Å². The Labute approximate surface area is 137 Å². The van der Waals surface area contributed by atoms with E-state index in [9.17, 15) is 4.79 Å². The smallest absolute Gasteiger partial charge is 0.234 e. The zero-order valence-electron chi connectivity index (χ0n) is 11.5. The fourth-order valence-electron chi connectivity index (χ4n) is 1.93. The molecule has 0 fully saturated rings. The van der Waals surface area contributed by atoms with Gasteiger partial charge in [-0.1, -0.05) is 23.4 Å². The molecule has 5 nitrogen and oxygen atoms in total. The van der Waals surface area contributed by atoms with Gasteiger partial charge in [0.1, 0.15) is 18.2 Å². The Hall–Kier alpha value is -1.92. The van der Waals surface area contributed by atoms with Crippen LogP contribution in [0.2, 0.25) is 5.02 Å². The number of benzene rings is 1. The van der Waals surface area contributed by atoms with Gasteiger partial charge in [-0.2, -0.15) is 0 Å². The van der Waals surface area contributed by atoms with Crippen LogP contribution < -0.4 is 14.8 Å². The zero-order valence-corrected chi connectivity index (χ0v) is 13.1. The van der Waals surface area contributed by atoms with Gasteiger partial charge in [0.05, 0.1) is 10.8 Å². The van der Waals surface area contributed by atoms with Gasteiger partial charge in [0.2, 0.25) is 5.91 Å². The molecule has 114 valence electrons. The summed E-state index contributed by atoms with van der Waals surface area (Å²) in [6.07, 6.45) is 1.65. The average molecular weight is 337 g/mol. The van der Waals surface area contributed by atoms with Crippen LogP contribution in [-0.2, 0) is 4.79 Å². The first kappa shape index (κ1) is 15.0. The van der Waals surface area contributed by atoms with E-state index < -0.39 is 0 Å². The van der Waals surface area contributed by atoms with Gasteiger partial charge in [-0.05, 0) is 24.3 Å². The van der Waals surface area contributed by atoms with Gasteiger partial charge < -0.3 is 14.8 Å². The number of aromatic nitrogens is 1. The lowest BCUT2D eigenvalue weighted by molar-refractivity contribution is -0.113. The second kappa shape index (κ2) is 6.89. The van der Waals surface area contributed by atoms with Crippen molar-refractivity contribution in [1.82, 2.24) is 4.98 Å². The van der Waals surface area contributed by atoms with Crippen LogP contribution in [0.25, 0.3) is 0 Å². The molecule has 1 aromatic carbocycles. The van der Waals surface area contributed by atoms with Crippen LogP contribution in [0.3, 0.4) is 0 Å². The lowest BCUT2D eigenvalue weighted by Gasteiger charge is -2.19. The summed E-state index contributed by atoms with van der Waals surface area (Å²) in [7, 11) is 0. The number of rotatable bonds is 4. The van der Waals surface area contributed by atoms with Crippen LogP contribution in [-0.4, -0.2) is 29.9 Å². The van der Waals surface area contributed by atoms with Crippen molar-refractivity contribution in [1.29, 1.82) is 0 Å². The first-order valence-corrected chi connectivity index (χ1v) is 8.01. The lowest BCUT2D eigenvalue weighted by Crippen LogP contribution is -2.17. The molecule has 0 bridgehead atoms. The highest BCUT2D eigenvalue weighted by atomic mass is 35.5. The van der Waals surface area contributed by atoms with Crippen LogP contribution in [0, 0.1) is 0 Å². The predicted octanol–water partition coefficient (Wildman–Crippen LogP) is 3.24. The van der Waals surface area contributed by atoms with Crippen molar-refractivity contribution in [2.45, 2.75) is 5.03 Å². The van der Waals surface area contributed by atoms with Crippen molar-refractivity contribution in [2.75, 3.05) is 24.3 Å². The molecule has 1 aromatic heterocycles. The minimum absolute atomic E-state index is 0.136. The number of hydrogen-bond acceptors (Lipinski definition) is 5. The van der Waals surface area contributed by atoms with E-state index in [0.717, 1.165) is 0 Å². The Bertz CT molecular complexity index is 696. The molecule has 0 saturated carbocycles. The molecule has 7 heteroatoms. The number of hydrogen-bond donors (Lipinski definition) is 1. The molecule has 1 aliphatic rings. The highest BCUT2D eigenvalue weighted by Gasteiger charge is 2.13. The Morgan fingerprint density at radius 1 is 1.27 bits per heavy atom. The van der Waals surface area contributed by atoms with Crippen LogP contribution in [0.4, 0.5) is 5.69 Å². The summed E-state index contributed by atoms with van der Waals surface area (Å²) in [5, 5.41) is 4.00. The second-order valence-electron chi connectivity index (χ2n) is 4.49. The fraction of sp³-hybridized carbons (Fsp3) is 0.200. The number of thioether (sulfide) groups is 1. The molecule has 0 radical (unpaired) electrons. The lowest BCUT2D eigenvalue weighted by atomic mass is 10.2. The topological polar surface area (TPSA) is 60.5 Å². The first-order chi connectivity index (χ1) is 10.7. The molecule has 1 amide bonds. The quantitative estimate of drug-likeness (QED) is 0.868. The third kappa shape index (κ3) is 3.64. The summed E-state index contributed by atoms with van der Waals surface area (Å²) < 4.78 is 10.9. The Kier molecular flexibility index (Phi) is 4.70. The number of ether oxygens (including phenoxy) is 2. The second-order valence-corrected chi connectivity index (χ2v) is 5.86. The predicted molar refractivity (Wildman–Crippen MR) is 86.0 cm³/mol. The van der Waals surface area contributed by atoms with E-state index in [1.54, 1.807) is 36.5 Å². The van der Waals surface area contributed by atoms with Crippen molar-refractivity contribution in [3.8, 4) is 11.5 Å². The number of nitrogens with zero attached hydrogens (tertiary/aromatic N) is 1. The standard InChI is InChI=1S/C15H13ClN2O3S/c16-11-2-1-5-17-15(11)22-9-14(19)18-10-3-4-12-13(8-10)21-7-6-20-12/h1-5,8H,6-7,9H2,(H,18,19). The number of fused-ring (bicyclic) bond motifs is 1. The van der Waals surface area contributed by atoms with Crippen molar-refractivity contribution >= 4 is 35.0 Å². The maximum absolute atomic E-state index is 12.0. The first-order valence-electron chi connectivity index (χ1n) is 6.65. The Balaban J connectivity index is 1.59. The molecule has 1 aliphatic heterocycles. The highest BCUT2D eigenvalue weighted by molar-refractivity contribution is 8.00. The zero-order chi connectivity index (χ0) is 15.4. The summed E-state index contributed by atoms with van der Waals surface area (Å²) >= 11 is 7.29. The maximum Gasteiger partial charge on any atom is 0.234 e. The number of amides is 1. The van der Waals surface area contributed by atoms with Crippen molar-refractivity contribution in [2.24, 2.45) is 0 Å². The highest BCUT2D eigenvalue weighted by Crippen LogP contribution is 2.32. The van der Waals surface area contributed by atoms with Gasteiger partial charge in [-0.3, -0.25) is 4.79 Å². The number of halogens is 1. The van der Waals surface area contributed by atoms with Gasteiger partial charge in [-0.15, -0.1) is 0 Å². The van der Waals surface area contributed by atoms with Crippen molar-refractivity contribution < 1.29 is 14.3 Å². The summed E-state index contributed by atoms with van der Waals surface area (Å²) in [5.41, 5.74) is 0.668. The fourth-order valence-corrected chi connectivity index (χ4v) is 2.90. The van der Waals surface area contributed by atoms with Gasteiger partial charge >= 0.3 is 0 Å². The molecule has 2 aromatic rings. The Morgan fingerprint density at radius 2 is 2.09 bits per heavy atom. The van der Waals surface area contributed by atoms with Gasteiger partial charge in [0.15, 0.2) is 11.5 Å².